The zero-order chi connectivity index (χ0) is 18.5. The zero-order valence-electron chi connectivity index (χ0n) is 14.6. The molecule has 134 valence electrons. The van der Waals surface area contributed by atoms with Crippen molar-refractivity contribution in [3.05, 3.63) is 65.7 Å². The van der Waals surface area contributed by atoms with Gasteiger partial charge in [0, 0.05) is 13.1 Å². The number of hydrogen-bond acceptors (Lipinski definition) is 3. The van der Waals surface area contributed by atoms with Gasteiger partial charge in [0.15, 0.2) is 0 Å². The van der Waals surface area contributed by atoms with Gasteiger partial charge in [0.1, 0.15) is 11.6 Å². The first-order valence-electron chi connectivity index (χ1n) is 8.72. The summed E-state index contributed by atoms with van der Waals surface area (Å²) in [7, 11) is 0. The average Bonchev–Trinajstić information content (AvgIpc) is 3.17. The van der Waals surface area contributed by atoms with E-state index in [0.29, 0.717) is 18.7 Å². The van der Waals surface area contributed by atoms with E-state index in [1.165, 1.54) is 12.1 Å². The van der Waals surface area contributed by atoms with E-state index in [4.69, 9.17) is 4.98 Å². The fraction of sp³-hybridized carbons (Fsp3) is 0.150. The van der Waals surface area contributed by atoms with Crippen LogP contribution < -0.4 is 5.32 Å². The van der Waals surface area contributed by atoms with Crippen molar-refractivity contribution < 1.29 is 9.18 Å². The van der Waals surface area contributed by atoms with Gasteiger partial charge in [-0.15, -0.1) is 0 Å². The van der Waals surface area contributed by atoms with Gasteiger partial charge in [0.25, 0.3) is 5.91 Å². The van der Waals surface area contributed by atoms with Crippen molar-refractivity contribution in [2.45, 2.75) is 13.5 Å². The Hall–Kier alpha value is -3.48. The van der Waals surface area contributed by atoms with E-state index in [1.54, 1.807) is 23.0 Å². The molecule has 0 radical (unpaired) electrons. The molecule has 0 unspecified atom stereocenters. The lowest BCUT2D eigenvalue weighted by Gasteiger charge is -2.08. The lowest BCUT2D eigenvalue weighted by atomic mass is 10.2. The number of benzene rings is 2. The monoisotopic (exact) mass is 361 g/mol. The minimum atomic E-state index is -0.284. The summed E-state index contributed by atoms with van der Waals surface area (Å²) in [6.45, 7) is 3.13. The molecule has 1 aliphatic heterocycles. The fourth-order valence-corrected chi connectivity index (χ4v) is 3.64. The van der Waals surface area contributed by atoms with Crippen molar-refractivity contribution in [1.82, 2.24) is 24.6 Å². The quantitative estimate of drug-likeness (QED) is 0.597. The third-order valence-corrected chi connectivity index (χ3v) is 4.95. The van der Waals surface area contributed by atoms with E-state index in [0.717, 1.165) is 33.8 Å². The highest BCUT2D eigenvalue weighted by Crippen LogP contribution is 2.30. The molecule has 3 heterocycles. The molecule has 4 aromatic rings. The van der Waals surface area contributed by atoms with E-state index < -0.39 is 0 Å². The SMILES string of the molecule is Cc1c(-c2nc3cccc4c3n2CCNC4=O)cnn1-c1ccc(F)cc1. The van der Waals surface area contributed by atoms with Crippen molar-refractivity contribution >= 4 is 16.9 Å². The molecule has 0 spiro atoms. The van der Waals surface area contributed by atoms with Crippen LogP contribution in [0.5, 0.6) is 0 Å². The van der Waals surface area contributed by atoms with Gasteiger partial charge in [-0.2, -0.15) is 5.10 Å². The average molecular weight is 361 g/mol. The van der Waals surface area contributed by atoms with E-state index in [2.05, 4.69) is 15.0 Å². The van der Waals surface area contributed by atoms with Crippen molar-refractivity contribution in [2.75, 3.05) is 6.54 Å². The van der Waals surface area contributed by atoms with Crippen LogP contribution >= 0.6 is 0 Å². The molecule has 0 saturated heterocycles. The summed E-state index contributed by atoms with van der Waals surface area (Å²) < 4.78 is 17.1. The number of amides is 1. The van der Waals surface area contributed by atoms with Gasteiger partial charge in [-0.1, -0.05) is 6.07 Å². The first-order valence-corrected chi connectivity index (χ1v) is 8.72. The number of para-hydroxylation sites is 1. The third kappa shape index (κ3) is 2.35. The number of imidazole rings is 1. The number of nitrogens with zero attached hydrogens (tertiary/aromatic N) is 4. The summed E-state index contributed by atoms with van der Waals surface area (Å²) in [4.78, 5) is 17.1. The van der Waals surface area contributed by atoms with Gasteiger partial charge < -0.3 is 9.88 Å². The molecular formula is C20H16FN5O. The van der Waals surface area contributed by atoms with Gasteiger partial charge in [0.05, 0.1) is 39.7 Å². The van der Waals surface area contributed by atoms with Crippen LogP contribution in [0.4, 0.5) is 4.39 Å². The molecule has 5 rings (SSSR count). The van der Waals surface area contributed by atoms with Crippen LogP contribution in [0, 0.1) is 12.7 Å². The van der Waals surface area contributed by atoms with E-state index in [9.17, 15) is 9.18 Å². The molecule has 2 aromatic heterocycles. The number of hydrogen-bond donors (Lipinski definition) is 1. The first kappa shape index (κ1) is 15.7. The maximum atomic E-state index is 13.2. The molecule has 2 aromatic carbocycles. The Morgan fingerprint density at radius 3 is 2.74 bits per heavy atom. The molecule has 1 amide bonds. The minimum Gasteiger partial charge on any atom is -0.350 e. The number of rotatable bonds is 2. The van der Waals surface area contributed by atoms with Gasteiger partial charge in [-0.3, -0.25) is 4.79 Å². The highest BCUT2D eigenvalue weighted by molar-refractivity contribution is 6.06. The molecule has 1 N–H and O–H groups in total. The largest absolute Gasteiger partial charge is 0.350 e. The van der Waals surface area contributed by atoms with Crippen LogP contribution in [0.1, 0.15) is 16.1 Å². The molecule has 7 heteroatoms. The van der Waals surface area contributed by atoms with Crippen LogP contribution in [0.25, 0.3) is 28.1 Å². The molecular weight excluding hydrogens is 345 g/mol. The lowest BCUT2D eigenvalue weighted by Crippen LogP contribution is -2.24. The number of nitrogens with one attached hydrogen (secondary N) is 1. The first-order chi connectivity index (χ1) is 13.1. The minimum absolute atomic E-state index is 0.0791. The Morgan fingerprint density at radius 2 is 1.93 bits per heavy atom. The van der Waals surface area contributed by atoms with Crippen LogP contribution in [-0.2, 0) is 6.54 Å². The molecule has 0 fully saturated rings. The van der Waals surface area contributed by atoms with Crippen LogP contribution in [0.2, 0.25) is 0 Å². The van der Waals surface area contributed by atoms with Gasteiger partial charge in [-0.05, 0) is 43.3 Å². The second kappa shape index (κ2) is 5.77. The summed E-state index contributed by atoms with van der Waals surface area (Å²) in [5.74, 6) is 0.415. The van der Waals surface area contributed by atoms with Crippen molar-refractivity contribution in [3.63, 3.8) is 0 Å². The van der Waals surface area contributed by atoms with Crippen molar-refractivity contribution in [2.24, 2.45) is 0 Å². The Labute approximate surface area is 154 Å². The molecule has 1 aliphatic rings. The standard InChI is InChI=1S/C20H16FN5O/c1-12-16(11-23-26(12)14-7-5-13(21)6-8-14)19-24-17-4-2-3-15-18(17)25(19)10-9-22-20(15)27/h2-8,11H,9-10H2,1H3,(H,22,27). The highest BCUT2D eigenvalue weighted by atomic mass is 19.1. The third-order valence-electron chi connectivity index (χ3n) is 4.95. The van der Waals surface area contributed by atoms with Crippen LogP contribution in [0.15, 0.2) is 48.7 Å². The second-order valence-corrected chi connectivity index (χ2v) is 6.55. The molecule has 0 bridgehead atoms. The molecule has 0 aliphatic carbocycles. The number of aromatic nitrogens is 4. The van der Waals surface area contributed by atoms with E-state index in [-0.39, 0.29) is 11.7 Å². The zero-order valence-corrected chi connectivity index (χ0v) is 14.6. The summed E-state index contributed by atoms with van der Waals surface area (Å²) >= 11 is 0. The Balaban J connectivity index is 1.71. The fourth-order valence-electron chi connectivity index (χ4n) is 3.64. The lowest BCUT2D eigenvalue weighted by molar-refractivity contribution is 0.0956. The Bertz CT molecular complexity index is 1190. The molecule has 0 saturated carbocycles. The Kier molecular flexibility index (Phi) is 3.36. The molecule has 6 nitrogen and oxygen atoms in total. The predicted octanol–water partition coefficient (Wildman–Crippen LogP) is 3.08. The summed E-state index contributed by atoms with van der Waals surface area (Å²) in [6.07, 6.45) is 1.77. The smallest absolute Gasteiger partial charge is 0.253 e. The molecule has 0 atom stereocenters. The van der Waals surface area contributed by atoms with Gasteiger partial charge in [0.2, 0.25) is 0 Å². The maximum Gasteiger partial charge on any atom is 0.253 e. The number of halogens is 1. The summed E-state index contributed by atoms with van der Waals surface area (Å²) in [5, 5.41) is 7.40. The van der Waals surface area contributed by atoms with Gasteiger partial charge >= 0.3 is 0 Å². The van der Waals surface area contributed by atoms with Crippen molar-refractivity contribution in [3.8, 4) is 17.1 Å². The predicted molar refractivity (Wildman–Crippen MR) is 99.3 cm³/mol. The summed E-state index contributed by atoms with van der Waals surface area (Å²) in [5.41, 5.74) is 4.83. The topological polar surface area (TPSA) is 64.7 Å². The van der Waals surface area contributed by atoms with Crippen LogP contribution in [-0.4, -0.2) is 31.8 Å². The maximum absolute atomic E-state index is 13.2. The highest BCUT2D eigenvalue weighted by Gasteiger charge is 2.23. The Morgan fingerprint density at radius 1 is 1.11 bits per heavy atom. The van der Waals surface area contributed by atoms with Crippen molar-refractivity contribution in [1.29, 1.82) is 0 Å². The number of carbonyl (C=O) groups excluding carboxylic acids is 1. The number of carbonyl (C=O) groups is 1. The summed E-state index contributed by atoms with van der Waals surface area (Å²) in [6, 6.07) is 11.8. The van der Waals surface area contributed by atoms with Gasteiger partial charge in [-0.25, -0.2) is 14.1 Å². The second-order valence-electron chi connectivity index (χ2n) is 6.55. The van der Waals surface area contributed by atoms with Crippen LogP contribution in [0.3, 0.4) is 0 Å². The van der Waals surface area contributed by atoms with E-state index >= 15 is 0 Å². The van der Waals surface area contributed by atoms with E-state index in [1.807, 2.05) is 25.1 Å². The molecule has 27 heavy (non-hydrogen) atoms. The normalized spacial score (nSPS) is 13.6.